The van der Waals surface area contributed by atoms with E-state index >= 15 is 0 Å². The number of hydrogen-bond acceptors (Lipinski definition) is 4. The molecule has 0 spiro atoms. The monoisotopic (exact) mass is 402 g/mol. The van der Waals surface area contributed by atoms with E-state index < -0.39 is 23.3 Å². The normalized spacial score (nSPS) is 10.2. The van der Waals surface area contributed by atoms with Crippen molar-refractivity contribution in [1.29, 1.82) is 0 Å². The van der Waals surface area contributed by atoms with Gasteiger partial charge in [-0.3, -0.25) is 14.9 Å². The number of nitro groups is 1. The molecule has 120 valence electrons. The van der Waals surface area contributed by atoms with E-state index in [2.05, 4.69) is 21.2 Å². The van der Waals surface area contributed by atoms with E-state index in [1.165, 1.54) is 0 Å². The second kappa shape index (κ2) is 7.38. The molecule has 1 N–H and O–H groups in total. The van der Waals surface area contributed by atoms with Gasteiger partial charge in [0.25, 0.3) is 11.6 Å². The zero-order chi connectivity index (χ0) is 17.0. The van der Waals surface area contributed by atoms with Crippen molar-refractivity contribution in [2.24, 2.45) is 0 Å². The highest BCUT2D eigenvalue weighted by Gasteiger charge is 2.14. The number of carbonyl (C=O) groups excluding carboxylic acids is 1. The van der Waals surface area contributed by atoms with Crippen LogP contribution in [0.5, 0.6) is 5.75 Å². The number of carbonyl (C=O) groups is 1. The molecular weight excluding hydrogens is 395 g/mol. The predicted octanol–water partition coefficient (Wildman–Crippen LogP) is 4.17. The largest absolute Gasteiger partial charge is 0.483 e. The first kappa shape index (κ1) is 17.2. The van der Waals surface area contributed by atoms with Gasteiger partial charge in [-0.15, -0.1) is 0 Å². The summed E-state index contributed by atoms with van der Waals surface area (Å²) < 4.78 is 19.4. The van der Waals surface area contributed by atoms with Crippen LogP contribution in [0.15, 0.2) is 40.9 Å². The van der Waals surface area contributed by atoms with Crippen molar-refractivity contribution in [3.8, 4) is 5.75 Å². The van der Waals surface area contributed by atoms with Crippen molar-refractivity contribution in [2.75, 3.05) is 11.9 Å². The lowest BCUT2D eigenvalue weighted by atomic mass is 10.2. The number of amides is 1. The van der Waals surface area contributed by atoms with Crippen LogP contribution in [0, 0.1) is 15.9 Å². The van der Waals surface area contributed by atoms with Gasteiger partial charge in [-0.25, -0.2) is 4.39 Å². The summed E-state index contributed by atoms with van der Waals surface area (Å²) in [4.78, 5) is 21.8. The summed E-state index contributed by atoms with van der Waals surface area (Å²) in [6.45, 7) is -0.400. The predicted molar refractivity (Wildman–Crippen MR) is 86.3 cm³/mol. The third kappa shape index (κ3) is 4.64. The summed E-state index contributed by atoms with van der Waals surface area (Å²) in [5.74, 6) is -1.06. The number of nitro benzene ring substituents is 1. The topological polar surface area (TPSA) is 81.5 Å². The van der Waals surface area contributed by atoms with Crippen LogP contribution >= 0.6 is 27.5 Å². The van der Waals surface area contributed by atoms with Gasteiger partial charge in [0, 0.05) is 17.2 Å². The second-order valence-corrected chi connectivity index (χ2v) is 5.62. The quantitative estimate of drug-likeness (QED) is 0.600. The van der Waals surface area contributed by atoms with E-state index in [0.717, 1.165) is 18.2 Å². The molecule has 0 fully saturated rings. The van der Waals surface area contributed by atoms with Gasteiger partial charge < -0.3 is 10.1 Å². The Labute approximate surface area is 143 Å². The number of nitrogens with one attached hydrogen (secondary N) is 1. The van der Waals surface area contributed by atoms with Crippen LogP contribution in [0.2, 0.25) is 5.02 Å². The molecule has 0 aromatic heterocycles. The van der Waals surface area contributed by atoms with Crippen LogP contribution in [0.4, 0.5) is 15.8 Å². The van der Waals surface area contributed by atoms with Gasteiger partial charge in [-0.1, -0.05) is 11.6 Å². The molecule has 23 heavy (non-hydrogen) atoms. The molecular formula is C14H9BrClFN2O4. The lowest BCUT2D eigenvalue weighted by Gasteiger charge is -2.09. The summed E-state index contributed by atoms with van der Waals surface area (Å²) >= 11 is 9.01. The molecule has 0 saturated carbocycles. The van der Waals surface area contributed by atoms with E-state index in [1.807, 2.05) is 0 Å². The average Bonchev–Trinajstić information content (AvgIpc) is 2.48. The van der Waals surface area contributed by atoms with Gasteiger partial charge >= 0.3 is 0 Å². The van der Waals surface area contributed by atoms with E-state index in [1.54, 1.807) is 18.2 Å². The summed E-state index contributed by atoms with van der Waals surface area (Å²) in [6.07, 6.45) is 0. The number of hydrogen-bond donors (Lipinski definition) is 1. The molecule has 9 heteroatoms. The van der Waals surface area contributed by atoms with Gasteiger partial charge in [-0.05, 0) is 40.2 Å². The zero-order valence-electron chi connectivity index (χ0n) is 11.4. The van der Waals surface area contributed by atoms with Crippen LogP contribution in [0.1, 0.15) is 0 Å². The molecule has 2 rings (SSSR count). The minimum Gasteiger partial charge on any atom is -0.483 e. The van der Waals surface area contributed by atoms with Gasteiger partial charge in [0.2, 0.25) is 0 Å². The molecule has 2 aromatic rings. The van der Waals surface area contributed by atoms with Crippen molar-refractivity contribution in [3.05, 3.63) is 61.8 Å². The minimum atomic E-state index is -0.781. The fourth-order valence-electron chi connectivity index (χ4n) is 1.64. The van der Waals surface area contributed by atoms with Crippen LogP contribution in [0.3, 0.4) is 0 Å². The maximum Gasteiger partial charge on any atom is 0.271 e. The number of nitrogens with zero attached hydrogens (tertiary/aromatic N) is 1. The number of anilines is 1. The fraction of sp³-hybridized carbons (Fsp3) is 0.0714. The maximum absolute atomic E-state index is 13.6. The second-order valence-electron chi connectivity index (χ2n) is 4.33. The summed E-state index contributed by atoms with van der Waals surface area (Å²) in [7, 11) is 0. The Kier molecular flexibility index (Phi) is 5.51. The van der Waals surface area contributed by atoms with E-state index in [0.29, 0.717) is 15.2 Å². The van der Waals surface area contributed by atoms with Gasteiger partial charge in [0.1, 0.15) is 11.6 Å². The molecule has 2 aromatic carbocycles. The number of ether oxygens (including phenoxy) is 1. The molecule has 0 aliphatic rings. The number of halogens is 3. The highest BCUT2D eigenvalue weighted by molar-refractivity contribution is 9.10. The minimum absolute atomic E-state index is 0.289. The Hall–Kier alpha value is -2.19. The molecule has 0 radical (unpaired) electrons. The van der Waals surface area contributed by atoms with Crippen molar-refractivity contribution in [3.63, 3.8) is 0 Å². The Bertz CT molecular complexity index is 772. The number of benzene rings is 2. The zero-order valence-corrected chi connectivity index (χ0v) is 13.7. The van der Waals surface area contributed by atoms with Crippen LogP contribution in [-0.2, 0) is 4.79 Å². The Morgan fingerprint density at radius 3 is 2.74 bits per heavy atom. The molecule has 0 aliphatic heterocycles. The molecule has 0 unspecified atom stereocenters. The van der Waals surface area contributed by atoms with E-state index in [4.69, 9.17) is 16.3 Å². The van der Waals surface area contributed by atoms with E-state index in [-0.39, 0.29) is 11.4 Å². The van der Waals surface area contributed by atoms with Crippen LogP contribution in [-0.4, -0.2) is 17.4 Å². The van der Waals surface area contributed by atoms with Crippen molar-refractivity contribution < 1.29 is 18.8 Å². The lowest BCUT2D eigenvalue weighted by molar-refractivity contribution is -0.384. The third-order valence-corrected chi connectivity index (χ3v) is 3.54. The standard InChI is InChI=1S/C14H9BrClFN2O4/c15-10-5-8(16)1-4-13(10)23-7-14(20)18-12-6-9(19(21)22)2-3-11(12)17/h1-6H,7H2,(H,18,20). The molecule has 0 atom stereocenters. The number of rotatable bonds is 5. The van der Waals surface area contributed by atoms with Crippen molar-refractivity contribution in [2.45, 2.75) is 0 Å². The van der Waals surface area contributed by atoms with Gasteiger partial charge in [0.15, 0.2) is 6.61 Å². The van der Waals surface area contributed by atoms with Crippen LogP contribution in [0.25, 0.3) is 0 Å². The molecule has 0 aliphatic carbocycles. The Morgan fingerprint density at radius 2 is 2.09 bits per heavy atom. The van der Waals surface area contributed by atoms with Gasteiger partial charge in [-0.2, -0.15) is 0 Å². The smallest absolute Gasteiger partial charge is 0.271 e. The van der Waals surface area contributed by atoms with Crippen LogP contribution < -0.4 is 10.1 Å². The first-order valence-electron chi connectivity index (χ1n) is 6.18. The molecule has 0 heterocycles. The Morgan fingerprint density at radius 1 is 1.35 bits per heavy atom. The fourth-order valence-corrected chi connectivity index (χ4v) is 2.44. The molecule has 6 nitrogen and oxygen atoms in total. The average molecular weight is 404 g/mol. The lowest BCUT2D eigenvalue weighted by Crippen LogP contribution is -2.21. The van der Waals surface area contributed by atoms with Crippen molar-refractivity contribution >= 4 is 44.8 Å². The first-order valence-corrected chi connectivity index (χ1v) is 7.35. The molecule has 0 saturated heterocycles. The maximum atomic E-state index is 13.6. The van der Waals surface area contributed by atoms with Crippen molar-refractivity contribution in [1.82, 2.24) is 0 Å². The Balaban J connectivity index is 2.02. The summed E-state index contributed by atoms with van der Waals surface area (Å²) in [6, 6.07) is 7.59. The highest BCUT2D eigenvalue weighted by Crippen LogP contribution is 2.28. The third-order valence-electron chi connectivity index (χ3n) is 2.69. The molecule has 0 bridgehead atoms. The summed E-state index contributed by atoms with van der Waals surface area (Å²) in [5.41, 5.74) is -0.619. The number of non-ortho nitro benzene ring substituents is 1. The first-order chi connectivity index (χ1) is 10.9. The highest BCUT2D eigenvalue weighted by atomic mass is 79.9. The summed E-state index contributed by atoms with van der Waals surface area (Å²) in [5, 5.41) is 13.4. The molecule has 1 amide bonds. The SMILES string of the molecule is O=C(COc1ccc(Cl)cc1Br)Nc1cc([N+](=O)[O-])ccc1F. The van der Waals surface area contributed by atoms with Gasteiger partial charge in [0.05, 0.1) is 15.1 Å². The van der Waals surface area contributed by atoms with E-state index in [9.17, 15) is 19.3 Å².